The molecule has 2 heteroatoms. The normalized spacial score (nSPS) is 11.5. The minimum atomic E-state index is 0.0938. The molecule has 0 atom stereocenters. The zero-order valence-electron chi connectivity index (χ0n) is 9.42. The Hall–Kier alpha value is -1.02. The Morgan fingerprint density at radius 1 is 1.29 bits per heavy atom. The van der Waals surface area contributed by atoms with Crippen LogP contribution in [0.2, 0.25) is 0 Å². The highest BCUT2D eigenvalue weighted by molar-refractivity contribution is 5.45. The van der Waals surface area contributed by atoms with Crippen LogP contribution in [0, 0.1) is 0 Å². The minimum absolute atomic E-state index is 0.0938. The Morgan fingerprint density at radius 3 is 2.36 bits per heavy atom. The zero-order valence-corrected chi connectivity index (χ0v) is 9.42. The van der Waals surface area contributed by atoms with Crippen LogP contribution in [0.25, 0.3) is 0 Å². The molecule has 0 unspecified atom stereocenters. The SMILES string of the molecule is COc1c(CN)cccc1C(C)(C)C. The molecule has 0 fully saturated rings. The van der Waals surface area contributed by atoms with Crippen molar-refractivity contribution in [1.82, 2.24) is 0 Å². The fraction of sp³-hybridized carbons (Fsp3) is 0.500. The monoisotopic (exact) mass is 193 g/mol. The van der Waals surface area contributed by atoms with Gasteiger partial charge in [-0.15, -0.1) is 0 Å². The van der Waals surface area contributed by atoms with Crippen molar-refractivity contribution in [2.75, 3.05) is 7.11 Å². The summed E-state index contributed by atoms with van der Waals surface area (Å²) in [5.41, 5.74) is 8.03. The average Bonchev–Trinajstić information content (AvgIpc) is 2.15. The number of nitrogens with two attached hydrogens (primary N) is 1. The Morgan fingerprint density at radius 2 is 1.93 bits per heavy atom. The predicted molar refractivity (Wildman–Crippen MR) is 59.6 cm³/mol. The number of hydrogen-bond donors (Lipinski definition) is 1. The van der Waals surface area contributed by atoms with Crippen molar-refractivity contribution in [1.29, 1.82) is 0 Å². The summed E-state index contributed by atoms with van der Waals surface area (Å²) >= 11 is 0. The third-order valence-corrected chi connectivity index (χ3v) is 2.33. The standard InChI is InChI=1S/C12H19NO/c1-12(2,3)10-7-5-6-9(8-13)11(10)14-4/h5-7H,8,13H2,1-4H3. The van der Waals surface area contributed by atoms with Crippen LogP contribution in [0.4, 0.5) is 0 Å². The summed E-state index contributed by atoms with van der Waals surface area (Å²) in [4.78, 5) is 0. The highest BCUT2D eigenvalue weighted by Crippen LogP contribution is 2.33. The fourth-order valence-corrected chi connectivity index (χ4v) is 1.58. The molecule has 14 heavy (non-hydrogen) atoms. The first-order chi connectivity index (χ1) is 6.50. The topological polar surface area (TPSA) is 35.2 Å². The van der Waals surface area contributed by atoms with Crippen LogP contribution in [-0.2, 0) is 12.0 Å². The lowest BCUT2D eigenvalue weighted by atomic mass is 9.85. The molecule has 1 rings (SSSR count). The Balaban J connectivity index is 3.29. The molecule has 0 spiro atoms. The van der Waals surface area contributed by atoms with Gasteiger partial charge in [0.2, 0.25) is 0 Å². The molecular formula is C12H19NO. The first-order valence-electron chi connectivity index (χ1n) is 4.87. The summed E-state index contributed by atoms with van der Waals surface area (Å²) < 4.78 is 5.41. The maximum atomic E-state index is 5.66. The molecule has 0 aliphatic heterocycles. The molecule has 0 aliphatic rings. The van der Waals surface area contributed by atoms with E-state index in [1.54, 1.807) is 7.11 Å². The van der Waals surface area contributed by atoms with Gasteiger partial charge >= 0.3 is 0 Å². The maximum Gasteiger partial charge on any atom is 0.127 e. The second-order valence-corrected chi connectivity index (χ2v) is 4.45. The number of para-hydroxylation sites is 1. The third kappa shape index (κ3) is 2.07. The summed E-state index contributed by atoms with van der Waals surface area (Å²) in [6, 6.07) is 6.14. The Labute approximate surface area is 86.1 Å². The molecule has 0 amide bonds. The smallest absolute Gasteiger partial charge is 0.127 e. The first-order valence-corrected chi connectivity index (χ1v) is 4.87. The second kappa shape index (κ2) is 4.01. The number of rotatable bonds is 2. The molecule has 0 saturated carbocycles. The maximum absolute atomic E-state index is 5.66. The molecule has 1 aromatic rings. The molecular weight excluding hydrogens is 174 g/mol. The van der Waals surface area contributed by atoms with Crippen LogP contribution in [0.1, 0.15) is 31.9 Å². The molecule has 0 radical (unpaired) electrons. The zero-order chi connectivity index (χ0) is 10.8. The van der Waals surface area contributed by atoms with Crippen molar-refractivity contribution in [3.63, 3.8) is 0 Å². The molecule has 0 bridgehead atoms. The van der Waals surface area contributed by atoms with Gasteiger partial charge in [-0.2, -0.15) is 0 Å². The van der Waals surface area contributed by atoms with Crippen LogP contribution in [0.3, 0.4) is 0 Å². The van der Waals surface area contributed by atoms with Gasteiger partial charge < -0.3 is 10.5 Å². The summed E-state index contributed by atoms with van der Waals surface area (Å²) in [7, 11) is 1.70. The van der Waals surface area contributed by atoms with Gasteiger partial charge in [0.25, 0.3) is 0 Å². The Kier molecular flexibility index (Phi) is 3.17. The third-order valence-electron chi connectivity index (χ3n) is 2.33. The van der Waals surface area contributed by atoms with Crippen LogP contribution in [0.5, 0.6) is 5.75 Å². The van der Waals surface area contributed by atoms with Crippen LogP contribution in [-0.4, -0.2) is 7.11 Å². The number of ether oxygens (including phenoxy) is 1. The lowest BCUT2D eigenvalue weighted by Crippen LogP contribution is -2.14. The van der Waals surface area contributed by atoms with E-state index in [0.29, 0.717) is 6.54 Å². The van der Waals surface area contributed by atoms with Gasteiger partial charge in [0.05, 0.1) is 7.11 Å². The Bertz CT molecular complexity index is 313. The van der Waals surface area contributed by atoms with E-state index in [1.807, 2.05) is 12.1 Å². The lowest BCUT2D eigenvalue weighted by Gasteiger charge is -2.23. The lowest BCUT2D eigenvalue weighted by molar-refractivity contribution is 0.392. The van der Waals surface area contributed by atoms with Crippen LogP contribution in [0.15, 0.2) is 18.2 Å². The number of hydrogen-bond acceptors (Lipinski definition) is 2. The molecule has 0 saturated heterocycles. The summed E-state index contributed by atoms with van der Waals surface area (Å²) in [5, 5.41) is 0. The number of benzene rings is 1. The van der Waals surface area contributed by atoms with Gasteiger partial charge in [0, 0.05) is 12.1 Å². The average molecular weight is 193 g/mol. The van der Waals surface area contributed by atoms with Crippen molar-refractivity contribution in [2.45, 2.75) is 32.7 Å². The first kappa shape index (κ1) is 11.1. The van der Waals surface area contributed by atoms with Crippen molar-refractivity contribution in [3.8, 4) is 5.75 Å². The minimum Gasteiger partial charge on any atom is -0.496 e. The van der Waals surface area contributed by atoms with Crippen molar-refractivity contribution >= 4 is 0 Å². The van der Waals surface area contributed by atoms with Gasteiger partial charge in [-0.25, -0.2) is 0 Å². The second-order valence-electron chi connectivity index (χ2n) is 4.45. The van der Waals surface area contributed by atoms with E-state index >= 15 is 0 Å². The van der Waals surface area contributed by atoms with E-state index in [-0.39, 0.29) is 5.41 Å². The van der Waals surface area contributed by atoms with Gasteiger partial charge in [-0.3, -0.25) is 0 Å². The molecule has 2 nitrogen and oxygen atoms in total. The van der Waals surface area contributed by atoms with Crippen LogP contribution >= 0.6 is 0 Å². The van der Waals surface area contributed by atoms with Crippen molar-refractivity contribution in [2.24, 2.45) is 5.73 Å². The van der Waals surface area contributed by atoms with Crippen molar-refractivity contribution in [3.05, 3.63) is 29.3 Å². The molecule has 0 heterocycles. The summed E-state index contributed by atoms with van der Waals surface area (Å²) in [5.74, 6) is 0.933. The van der Waals surface area contributed by atoms with E-state index in [4.69, 9.17) is 10.5 Å². The highest BCUT2D eigenvalue weighted by atomic mass is 16.5. The molecule has 2 N–H and O–H groups in total. The van der Waals surface area contributed by atoms with E-state index in [9.17, 15) is 0 Å². The number of methoxy groups -OCH3 is 1. The van der Waals surface area contributed by atoms with Gasteiger partial charge in [0.15, 0.2) is 0 Å². The highest BCUT2D eigenvalue weighted by Gasteiger charge is 2.19. The molecule has 0 aromatic heterocycles. The van der Waals surface area contributed by atoms with E-state index in [1.165, 1.54) is 5.56 Å². The predicted octanol–water partition coefficient (Wildman–Crippen LogP) is 2.45. The van der Waals surface area contributed by atoms with Crippen molar-refractivity contribution < 1.29 is 4.74 Å². The van der Waals surface area contributed by atoms with Gasteiger partial charge in [-0.05, 0) is 11.0 Å². The fourth-order valence-electron chi connectivity index (χ4n) is 1.58. The van der Waals surface area contributed by atoms with E-state index in [2.05, 4.69) is 26.8 Å². The summed E-state index contributed by atoms with van der Waals surface area (Å²) in [6.07, 6.45) is 0. The van der Waals surface area contributed by atoms with Crippen LogP contribution < -0.4 is 10.5 Å². The molecule has 0 aliphatic carbocycles. The quantitative estimate of drug-likeness (QED) is 0.783. The van der Waals surface area contributed by atoms with Gasteiger partial charge in [0.1, 0.15) is 5.75 Å². The van der Waals surface area contributed by atoms with Gasteiger partial charge in [-0.1, -0.05) is 39.0 Å². The largest absolute Gasteiger partial charge is 0.496 e. The van der Waals surface area contributed by atoms with E-state index in [0.717, 1.165) is 11.3 Å². The molecule has 78 valence electrons. The summed E-state index contributed by atoms with van der Waals surface area (Å²) in [6.45, 7) is 7.04. The van der Waals surface area contributed by atoms with E-state index < -0.39 is 0 Å². The molecule has 1 aromatic carbocycles.